The maximum absolute atomic E-state index is 11.0. The standard InChI is InChI=1S/C12H22O2/c1-4-6-7-8-11(3)9-10-12(13)14-5-2/h9H,4-8,10H2,1-3H3/b11-9+. The van der Waals surface area contributed by atoms with Crippen molar-refractivity contribution in [3.05, 3.63) is 11.6 Å². The molecule has 0 unspecified atom stereocenters. The Labute approximate surface area is 87.3 Å². The van der Waals surface area contributed by atoms with Crippen molar-refractivity contribution in [2.24, 2.45) is 0 Å². The Morgan fingerprint density at radius 3 is 2.57 bits per heavy atom. The molecule has 0 rings (SSSR count). The normalized spacial score (nSPS) is 11.5. The highest BCUT2D eigenvalue weighted by Crippen LogP contribution is 2.08. The highest BCUT2D eigenvalue weighted by atomic mass is 16.5. The van der Waals surface area contributed by atoms with Crippen LogP contribution in [0.5, 0.6) is 0 Å². The zero-order valence-corrected chi connectivity index (χ0v) is 9.64. The van der Waals surface area contributed by atoms with Gasteiger partial charge in [-0.2, -0.15) is 0 Å². The zero-order valence-electron chi connectivity index (χ0n) is 9.64. The summed E-state index contributed by atoms with van der Waals surface area (Å²) in [6.07, 6.45) is 7.24. The van der Waals surface area contributed by atoms with Gasteiger partial charge in [-0.05, 0) is 26.7 Å². The topological polar surface area (TPSA) is 26.3 Å². The lowest BCUT2D eigenvalue weighted by Gasteiger charge is -2.01. The molecule has 0 N–H and O–H groups in total. The predicted octanol–water partition coefficient (Wildman–Crippen LogP) is 3.47. The minimum absolute atomic E-state index is 0.123. The largest absolute Gasteiger partial charge is 0.466 e. The van der Waals surface area contributed by atoms with Crippen molar-refractivity contribution in [1.82, 2.24) is 0 Å². The average molecular weight is 198 g/mol. The van der Waals surface area contributed by atoms with Gasteiger partial charge in [0, 0.05) is 0 Å². The van der Waals surface area contributed by atoms with Crippen LogP contribution >= 0.6 is 0 Å². The fraction of sp³-hybridized carbons (Fsp3) is 0.750. The SMILES string of the molecule is CCCCC/C(C)=C/CC(=O)OCC. The Morgan fingerprint density at radius 2 is 2.00 bits per heavy atom. The van der Waals surface area contributed by atoms with E-state index in [0.717, 1.165) is 6.42 Å². The second kappa shape index (κ2) is 8.79. The third-order valence-electron chi connectivity index (χ3n) is 2.10. The molecule has 0 amide bonds. The summed E-state index contributed by atoms with van der Waals surface area (Å²) >= 11 is 0. The Bertz CT molecular complexity index is 183. The number of allylic oxidation sites excluding steroid dienone is 1. The average Bonchev–Trinajstić information content (AvgIpc) is 2.16. The summed E-state index contributed by atoms with van der Waals surface area (Å²) in [6, 6.07) is 0. The molecule has 0 aromatic heterocycles. The van der Waals surface area contributed by atoms with E-state index in [2.05, 4.69) is 13.8 Å². The lowest BCUT2D eigenvalue weighted by molar-refractivity contribution is -0.142. The molecule has 0 aliphatic heterocycles. The molecule has 0 fully saturated rings. The van der Waals surface area contributed by atoms with Gasteiger partial charge in [-0.25, -0.2) is 0 Å². The van der Waals surface area contributed by atoms with E-state index in [0.29, 0.717) is 13.0 Å². The van der Waals surface area contributed by atoms with Gasteiger partial charge in [-0.1, -0.05) is 31.4 Å². The summed E-state index contributed by atoms with van der Waals surface area (Å²) in [5, 5.41) is 0. The van der Waals surface area contributed by atoms with Crippen molar-refractivity contribution in [2.45, 2.75) is 52.9 Å². The van der Waals surface area contributed by atoms with Crippen molar-refractivity contribution >= 4 is 5.97 Å². The zero-order chi connectivity index (χ0) is 10.8. The summed E-state index contributed by atoms with van der Waals surface area (Å²) < 4.78 is 4.83. The van der Waals surface area contributed by atoms with E-state index in [1.807, 2.05) is 13.0 Å². The maximum atomic E-state index is 11.0. The molecule has 0 radical (unpaired) electrons. The van der Waals surface area contributed by atoms with Gasteiger partial charge >= 0.3 is 5.97 Å². The molecular weight excluding hydrogens is 176 g/mol. The van der Waals surface area contributed by atoms with Gasteiger partial charge in [-0.15, -0.1) is 0 Å². The molecule has 0 aromatic rings. The van der Waals surface area contributed by atoms with E-state index in [4.69, 9.17) is 4.74 Å². The molecule has 0 aromatic carbocycles. The fourth-order valence-corrected chi connectivity index (χ4v) is 1.23. The predicted molar refractivity (Wildman–Crippen MR) is 59.1 cm³/mol. The van der Waals surface area contributed by atoms with E-state index in [1.54, 1.807) is 0 Å². The number of carbonyl (C=O) groups is 1. The highest BCUT2D eigenvalue weighted by molar-refractivity contribution is 5.71. The minimum atomic E-state index is -0.123. The molecule has 2 heteroatoms. The van der Waals surface area contributed by atoms with E-state index >= 15 is 0 Å². The van der Waals surface area contributed by atoms with Crippen LogP contribution in [0.4, 0.5) is 0 Å². The van der Waals surface area contributed by atoms with Crippen LogP contribution in [0.2, 0.25) is 0 Å². The Balaban J connectivity index is 3.59. The van der Waals surface area contributed by atoms with Crippen LogP contribution in [-0.4, -0.2) is 12.6 Å². The minimum Gasteiger partial charge on any atom is -0.466 e. The number of unbranched alkanes of at least 4 members (excludes halogenated alkanes) is 2. The molecule has 2 nitrogen and oxygen atoms in total. The Hall–Kier alpha value is -0.790. The smallest absolute Gasteiger partial charge is 0.309 e. The van der Waals surface area contributed by atoms with Crippen LogP contribution in [-0.2, 0) is 9.53 Å². The summed E-state index contributed by atoms with van der Waals surface area (Å²) in [6.45, 7) is 6.57. The Morgan fingerprint density at radius 1 is 1.29 bits per heavy atom. The van der Waals surface area contributed by atoms with E-state index in [9.17, 15) is 4.79 Å². The first-order valence-corrected chi connectivity index (χ1v) is 5.52. The number of esters is 1. The molecule has 0 saturated carbocycles. The van der Waals surface area contributed by atoms with Crippen LogP contribution in [0.15, 0.2) is 11.6 Å². The summed E-state index contributed by atoms with van der Waals surface area (Å²) in [5.74, 6) is -0.123. The lowest BCUT2D eigenvalue weighted by atomic mass is 10.1. The molecule has 0 heterocycles. The second-order valence-corrected chi connectivity index (χ2v) is 3.52. The molecule has 0 saturated heterocycles. The fourth-order valence-electron chi connectivity index (χ4n) is 1.23. The third-order valence-corrected chi connectivity index (χ3v) is 2.10. The number of carbonyl (C=O) groups excluding carboxylic acids is 1. The molecule has 0 atom stereocenters. The van der Waals surface area contributed by atoms with Crippen LogP contribution in [0.25, 0.3) is 0 Å². The van der Waals surface area contributed by atoms with Crippen LogP contribution in [0, 0.1) is 0 Å². The first-order chi connectivity index (χ1) is 6.70. The quantitative estimate of drug-likeness (QED) is 0.356. The van der Waals surface area contributed by atoms with Gasteiger partial charge in [-0.3, -0.25) is 4.79 Å². The van der Waals surface area contributed by atoms with Crippen molar-refractivity contribution in [2.75, 3.05) is 6.61 Å². The molecule has 0 spiro atoms. The summed E-state index contributed by atoms with van der Waals surface area (Å²) in [7, 11) is 0. The molecular formula is C12H22O2. The van der Waals surface area contributed by atoms with Crippen molar-refractivity contribution < 1.29 is 9.53 Å². The third kappa shape index (κ3) is 7.84. The van der Waals surface area contributed by atoms with E-state index in [1.165, 1.54) is 24.8 Å². The van der Waals surface area contributed by atoms with Crippen molar-refractivity contribution in [3.63, 3.8) is 0 Å². The van der Waals surface area contributed by atoms with Gasteiger partial charge in [0.05, 0.1) is 13.0 Å². The van der Waals surface area contributed by atoms with Crippen molar-refractivity contribution in [1.29, 1.82) is 0 Å². The van der Waals surface area contributed by atoms with Gasteiger partial charge in [0.1, 0.15) is 0 Å². The van der Waals surface area contributed by atoms with Crippen LogP contribution in [0.3, 0.4) is 0 Å². The molecule has 14 heavy (non-hydrogen) atoms. The summed E-state index contributed by atoms with van der Waals surface area (Å²) in [5.41, 5.74) is 1.30. The number of ether oxygens (including phenoxy) is 1. The Kier molecular flexibility index (Phi) is 8.30. The van der Waals surface area contributed by atoms with Crippen molar-refractivity contribution in [3.8, 4) is 0 Å². The summed E-state index contributed by atoms with van der Waals surface area (Å²) in [4.78, 5) is 11.0. The molecule has 0 bridgehead atoms. The van der Waals surface area contributed by atoms with E-state index < -0.39 is 0 Å². The maximum Gasteiger partial charge on any atom is 0.309 e. The van der Waals surface area contributed by atoms with Gasteiger partial charge in [0.25, 0.3) is 0 Å². The van der Waals surface area contributed by atoms with Gasteiger partial charge in [0.15, 0.2) is 0 Å². The first-order valence-electron chi connectivity index (χ1n) is 5.52. The monoisotopic (exact) mass is 198 g/mol. The molecule has 82 valence electrons. The van der Waals surface area contributed by atoms with Crippen LogP contribution < -0.4 is 0 Å². The van der Waals surface area contributed by atoms with Gasteiger partial charge < -0.3 is 4.74 Å². The number of hydrogen-bond donors (Lipinski definition) is 0. The molecule has 0 aliphatic rings. The van der Waals surface area contributed by atoms with Crippen LogP contribution in [0.1, 0.15) is 52.9 Å². The second-order valence-electron chi connectivity index (χ2n) is 3.52. The number of hydrogen-bond acceptors (Lipinski definition) is 2. The number of rotatable bonds is 7. The first kappa shape index (κ1) is 13.2. The van der Waals surface area contributed by atoms with Gasteiger partial charge in [0.2, 0.25) is 0 Å². The van der Waals surface area contributed by atoms with E-state index in [-0.39, 0.29) is 5.97 Å². The highest BCUT2D eigenvalue weighted by Gasteiger charge is 1.98. The molecule has 0 aliphatic carbocycles. The lowest BCUT2D eigenvalue weighted by Crippen LogP contribution is -2.01.